The zero-order valence-corrected chi connectivity index (χ0v) is 10.2. The van der Waals surface area contributed by atoms with Crippen molar-refractivity contribution in [3.8, 4) is 0 Å². The van der Waals surface area contributed by atoms with Crippen LogP contribution < -0.4 is 10.6 Å². The fourth-order valence-electron chi connectivity index (χ4n) is 1.43. The fourth-order valence-corrected chi connectivity index (χ4v) is 1.43. The third-order valence-electron chi connectivity index (χ3n) is 2.31. The molecule has 14 heavy (non-hydrogen) atoms. The van der Waals surface area contributed by atoms with Crippen molar-refractivity contribution >= 4 is 0 Å². The molecular formula is C12H28N2. The van der Waals surface area contributed by atoms with Gasteiger partial charge in [-0.2, -0.15) is 0 Å². The van der Waals surface area contributed by atoms with Crippen LogP contribution in [0.15, 0.2) is 0 Å². The monoisotopic (exact) mass is 200 g/mol. The molecule has 0 saturated carbocycles. The van der Waals surface area contributed by atoms with E-state index in [1.165, 1.54) is 38.6 Å². The molecule has 0 bridgehead atoms. The minimum absolute atomic E-state index is 0.612. The van der Waals surface area contributed by atoms with Gasteiger partial charge in [0.2, 0.25) is 0 Å². The highest BCUT2D eigenvalue weighted by Crippen LogP contribution is 2.00. The van der Waals surface area contributed by atoms with Crippen LogP contribution in [0.2, 0.25) is 0 Å². The Morgan fingerprint density at radius 1 is 0.857 bits per heavy atom. The highest BCUT2D eigenvalue weighted by atomic mass is 14.9. The molecule has 0 aliphatic carbocycles. The van der Waals surface area contributed by atoms with Crippen LogP contribution in [0.3, 0.4) is 0 Å². The van der Waals surface area contributed by atoms with E-state index in [0.717, 1.165) is 13.1 Å². The molecule has 0 unspecified atom stereocenters. The van der Waals surface area contributed by atoms with E-state index in [1.54, 1.807) is 0 Å². The second-order valence-electron chi connectivity index (χ2n) is 4.27. The SMILES string of the molecule is CCCCCCCNCCNC(C)C. The number of unbranched alkanes of at least 4 members (excludes halogenated alkanes) is 4. The van der Waals surface area contributed by atoms with Crippen LogP contribution in [0, 0.1) is 0 Å². The van der Waals surface area contributed by atoms with Gasteiger partial charge in [0.15, 0.2) is 0 Å². The lowest BCUT2D eigenvalue weighted by molar-refractivity contribution is 0.537. The Hall–Kier alpha value is -0.0800. The van der Waals surface area contributed by atoms with Crippen LogP contribution in [0.5, 0.6) is 0 Å². The third kappa shape index (κ3) is 11.9. The van der Waals surface area contributed by atoms with Crippen molar-refractivity contribution in [1.82, 2.24) is 10.6 Å². The van der Waals surface area contributed by atoms with Crippen LogP contribution in [-0.4, -0.2) is 25.7 Å². The van der Waals surface area contributed by atoms with E-state index in [9.17, 15) is 0 Å². The lowest BCUT2D eigenvalue weighted by Crippen LogP contribution is -2.31. The molecule has 86 valence electrons. The summed E-state index contributed by atoms with van der Waals surface area (Å²) < 4.78 is 0. The lowest BCUT2D eigenvalue weighted by Gasteiger charge is -2.08. The number of hydrogen-bond acceptors (Lipinski definition) is 2. The van der Waals surface area contributed by atoms with E-state index in [-0.39, 0.29) is 0 Å². The highest BCUT2D eigenvalue weighted by molar-refractivity contribution is 4.55. The molecule has 0 saturated heterocycles. The largest absolute Gasteiger partial charge is 0.315 e. The van der Waals surface area contributed by atoms with E-state index in [1.807, 2.05) is 0 Å². The molecule has 0 fully saturated rings. The van der Waals surface area contributed by atoms with Crippen LogP contribution in [0.25, 0.3) is 0 Å². The molecule has 0 radical (unpaired) electrons. The van der Waals surface area contributed by atoms with Crippen LogP contribution in [-0.2, 0) is 0 Å². The van der Waals surface area contributed by atoms with E-state index >= 15 is 0 Å². The maximum absolute atomic E-state index is 3.46. The summed E-state index contributed by atoms with van der Waals surface area (Å²) in [6.45, 7) is 10.0. The number of rotatable bonds is 10. The van der Waals surface area contributed by atoms with Crippen molar-refractivity contribution in [2.75, 3.05) is 19.6 Å². The van der Waals surface area contributed by atoms with Crippen molar-refractivity contribution in [1.29, 1.82) is 0 Å². The van der Waals surface area contributed by atoms with Gasteiger partial charge < -0.3 is 10.6 Å². The van der Waals surface area contributed by atoms with E-state index in [2.05, 4.69) is 31.4 Å². The summed E-state index contributed by atoms with van der Waals surface area (Å²) in [7, 11) is 0. The molecule has 0 spiro atoms. The molecular weight excluding hydrogens is 172 g/mol. The summed E-state index contributed by atoms with van der Waals surface area (Å²) in [5.41, 5.74) is 0. The Balaban J connectivity index is 2.85. The summed E-state index contributed by atoms with van der Waals surface area (Å²) in [6, 6.07) is 0.612. The predicted octanol–water partition coefficient (Wildman–Crippen LogP) is 2.54. The van der Waals surface area contributed by atoms with Gasteiger partial charge >= 0.3 is 0 Å². The Labute approximate surface area is 89.9 Å². The quantitative estimate of drug-likeness (QED) is 0.530. The van der Waals surface area contributed by atoms with Gasteiger partial charge in [-0.15, -0.1) is 0 Å². The van der Waals surface area contributed by atoms with Gasteiger partial charge in [-0.1, -0.05) is 46.5 Å². The average Bonchev–Trinajstić information content (AvgIpc) is 2.15. The molecule has 2 N–H and O–H groups in total. The van der Waals surface area contributed by atoms with Gasteiger partial charge in [-0.3, -0.25) is 0 Å². The molecule has 0 aliphatic rings. The van der Waals surface area contributed by atoms with Crippen molar-refractivity contribution < 1.29 is 0 Å². The van der Waals surface area contributed by atoms with Gasteiger partial charge in [0, 0.05) is 19.1 Å². The Bertz CT molecular complexity index is 102. The molecule has 0 aliphatic heterocycles. The van der Waals surface area contributed by atoms with Crippen LogP contribution in [0.4, 0.5) is 0 Å². The second kappa shape index (κ2) is 11.0. The summed E-state index contributed by atoms with van der Waals surface area (Å²) in [5.74, 6) is 0. The third-order valence-corrected chi connectivity index (χ3v) is 2.31. The average molecular weight is 200 g/mol. The first-order valence-electron chi connectivity index (χ1n) is 6.21. The molecule has 0 aromatic carbocycles. The van der Waals surface area contributed by atoms with E-state index in [0.29, 0.717) is 6.04 Å². The molecule has 2 heteroatoms. The van der Waals surface area contributed by atoms with Gasteiger partial charge in [0.05, 0.1) is 0 Å². The number of hydrogen-bond donors (Lipinski definition) is 2. The summed E-state index contributed by atoms with van der Waals surface area (Å²) in [5, 5.41) is 6.85. The first-order chi connectivity index (χ1) is 6.77. The normalized spacial score (nSPS) is 11.1. The highest BCUT2D eigenvalue weighted by Gasteiger charge is 1.91. The molecule has 0 amide bonds. The van der Waals surface area contributed by atoms with Crippen molar-refractivity contribution in [2.45, 2.75) is 58.9 Å². The maximum atomic E-state index is 3.46. The van der Waals surface area contributed by atoms with Crippen LogP contribution >= 0.6 is 0 Å². The van der Waals surface area contributed by atoms with Gasteiger partial charge in [-0.25, -0.2) is 0 Å². The van der Waals surface area contributed by atoms with Crippen molar-refractivity contribution in [2.24, 2.45) is 0 Å². The fraction of sp³-hybridized carbons (Fsp3) is 1.00. The number of nitrogens with one attached hydrogen (secondary N) is 2. The standard InChI is InChI=1S/C12H28N2/c1-4-5-6-7-8-9-13-10-11-14-12(2)3/h12-14H,4-11H2,1-3H3. The Morgan fingerprint density at radius 3 is 2.21 bits per heavy atom. The van der Waals surface area contributed by atoms with Crippen LogP contribution in [0.1, 0.15) is 52.9 Å². The Kier molecular flexibility index (Phi) is 10.9. The first kappa shape index (κ1) is 13.9. The smallest absolute Gasteiger partial charge is 0.00790 e. The predicted molar refractivity (Wildman–Crippen MR) is 64.8 cm³/mol. The first-order valence-corrected chi connectivity index (χ1v) is 6.21. The summed E-state index contributed by atoms with van der Waals surface area (Å²) in [4.78, 5) is 0. The van der Waals surface area contributed by atoms with Gasteiger partial charge in [0.1, 0.15) is 0 Å². The molecule has 0 aromatic heterocycles. The van der Waals surface area contributed by atoms with Crippen molar-refractivity contribution in [3.63, 3.8) is 0 Å². The molecule has 2 nitrogen and oxygen atoms in total. The van der Waals surface area contributed by atoms with Crippen molar-refractivity contribution in [3.05, 3.63) is 0 Å². The zero-order chi connectivity index (χ0) is 10.6. The zero-order valence-electron chi connectivity index (χ0n) is 10.2. The topological polar surface area (TPSA) is 24.1 Å². The van der Waals surface area contributed by atoms with E-state index in [4.69, 9.17) is 0 Å². The lowest BCUT2D eigenvalue weighted by atomic mass is 10.1. The van der Waals surface area contributed by atoms with Gasteiger partial charge in [-0.05, 0) is 13.0 Å². The molecule has 0 atom stereocenters. The summed E-state index contributed by atoms with van der Waals surface area (Å²) >= 11 is 0. The maximum Gasteiger partial charge on any atom is 0.00790 e. The Morgan fingerprint density at radius 2 is 1.57 bits per heavy atom. The molecule has 0 heterocycles. The summed E-state index contributed by atoms with van der Waals surface area (Å²) in [6.07, 6.45) is 6.86. The van der Waals surface area contributed by atoms with Gasteiger partial charge in [0.25, 0.3) is 0 Å². The second-order valence-corrected chi connectivity index (χ2v) is 4.27. The molecule has 0 aromatic rings. The minimum Gasteiger partial charge on any atom is -0.315 e. The van der Waals surface area contributed by atoms with E-state index < -0.39 is 0 Å². The minimum atomic E-state index is 0.612. The molecule has 0 rings (SSSR count).